The molecule has 1 fully saturated rings. The monoisotopic (exact) mass is 931 g/mol. The van der Waals surface area contributed by atoms with Gasteiger partial charge in [0.2, 0.25) is 11.9 Å². The fourth-order valence-corrected chi connectivity index (χ4v) is 10.2. The van der Waals surface area contributed by atoms with Gasteiger partial charge in [0.05, 0.1) is 0 Å². The number of aromatic nitrogens is 1. The van der Waals surface area contributed by atoms with Crippen molar-refractivity contribution in [1.82, 2.24) is 0 Å². The summed E-state index contributed by atoms with van der Waals surface area (Å²) < 4.78 is 2.42. The molecular formula is C58H64Cl2CoN3+. The van der Waals surface area contributed by atoms with E-state index in [4.69, 9.17) is 20.3 Å². The van der Waals surface area contributed by atoms with Gasteiger partial charge in [-0.2, -0.15) is 4.57 Å². The topological polar surface area (TPSA) is 27.9 Å². The number of hydrogen-bond donors (Lipinski definition) is 2. The van der Waals surface area contributed by atoms with Crippen molar-refractivity contribution >= 4 is 31.7 Å². The molecule has 64 heavy (non-hydrogen) atoms. The standard InChI is InChI=1S/C58H64N3.2ClH.Co/c1-41-37-42(2)57(43(3)38-41)60-45(5)61-36-24-23-35-54(61)44(4)59-58-52(46-25-13-7-6-8-14-26-46)39-51(55(47-27-15-9-16-28-47)48-29-17-10-18-30-48)40-53(58)56(49-31-19-11-20-32-49)50-33-21-12-22-34-50;;;/h9-12,15-24,27-40,44-46,55-56,59-60H,6-8,13-14,25-26H2,1-5H3;2*1H;/q+1;;;+2/p-2. The molecule has 8 rings (SSSR count). The summed E-state index contributed by atoms with van der Waals surface area (Å²) in [6, 6.07) is 61.2. The Hall–Kier alpha value is -4.84. The number of rotatable bonds is 13. The molecule has 1 aliphatic rings. The summed E-state index contributed by atoms with van der Waals surface area (Å²) in [5.74, 6) is 0.556. The van der Waals surface area contributed by atoms with Gasteiger partial charge in [-0.25, -0.2) is 0 Å². The zero-order chi connectivity index (χ0) is 44.8. The number of benzene rings is 6. The summed E-state index contributed by atoms with van der Waals surface area (Å²) in [6.07, 6.45) is 11.2. The van der Waals surface area contributed by atoms with Crippen molar-refractivity contribution in [3.05, 3.63) is 231 Å². The molecule has 0 radical (unpaired) electrons. The molecule has 7 aromatic rings. The second-order valence-corrected chi connectivity index (χ2v) is 19.4. The summed E-state index contributed by atoms with van der Waals surface area (Å²) in [5.41, 5.74) is 17.0. The van der Waals surface area contributed by atoms with E-state index in [0.29, 0.717) is 18.8 Å². The van der Waals surface area contributed by atoms with Crippen LogP contribution in [-0.2, 0) is 12.9 Å². The van der Waals surface area contributed by atoms with Gasteiger partial charge in [-0.05, 0) is 96.5 Å². The van der Waals surface area contributed by atoms with Crippen molar-refractivity contribution in [1.29, 1.82) is 0 Å². The van der Waals surface area contributed by atoms with Gasteiger partial charge in [0.1, 0.15) is 6.04 Å². The molecule has 2 atom stereocenters. The summed E-state index contributed by atoms with van der Waals surface area (Å²) in [4.78, 5) is 0. The van der Waals surface area contributed by atoms with Crippen LogP contribution >= 0.6 is 20.3 Å². The molecule has 2 N–H and O–H groups in total. The van der Waals surface area contributed by atoms with E-state index in [1.165, 1.54) is 118 Å². The summed E-state index contributed by atoms with van der Waals surface area (Å²) in [5, 5.41) is 8.25. The molecule has 333 valence electrons. The van der Waals surface area contributed by atoms with Crippen LogP contribution in [0.25, 0.3) is 0 Å². The molecule has 2 unspecified atom stereocenters. The summed E-state index contributed by atoms with van der Waals surface area (Å²) >= 11 is 0.382. The predicted molar refractivity (Wildman–Crippen MR) is 269 cm³/mol. The molecule has 1 aromatic heterocycles. The normalized spacial score (nSPS) is 14.3. The van der Waals surface area contributed by atoms with Crippen LogP contribution in [0.15, 0.2) is 170 Å². The Morgan fingerprint density at radius 1 is 0.516 bits per heavy atom. The first-order valence-corrected chi connectivity index (χ1v) is 26.0. The average Bonchev–Trinajstić information content (AvgIpc) is 3.30. The first kappa shape index (κ1) is 47.1. The number of nitrogens with one attached hydrogen (secondary N) is 2. The van der Waals surface area contributed by atoms with E-state index < -0.39 is 0 Å². The Morgan fingerprint density at radius 3 is 1.47 bits per heavy atom. The first-order valence-electron chi connectivity index (χ1n) is 23.1. The molecule has 6 aromatic carbocycles. The summed E-state index contributed by atoms with van der Waals surface area (Å²) in [6.45, 7) is 11.3. The molecule has 0 spiro atoms. The van der Waals surface area contributed by atoms with Gasteiger partial charge in [0, 0.05) is 42.3 Å². The van der Waals surface area contributed by atoms with Gasteiger partial charge >= 0.3 is 33.2 Å². The molecule has 3 nitrogen and oxygen atoms in total. The maximum atomic E-state index is 4.73. The van der Waals surface area contributed by atoms with Crippen molar-refractivity contribution in [2.24, 2.45) is 0 Å². The van der Waals surface area contributed by atoms with E-state index in [9.17, 15) is 0 Å². The number of halogens is 2. The maximum absolute atomic E-state index is 4.73. The van der Waals surface area contributed by atoms with Crippen LogP contribution < -0.4 is 15.2 Å². The number of anilines is 2. The van der Waals surface area contributed by atoms with E-state index in [-0.39, 0.29) is 24.0 Å². The van der Waals surface area contributed by atoms with Crippen LogP contribution in [0, 0.1) is 20.8 Å². The van der Waals surface area contributed by atoms with Gasteiger partial charge in [-0.3, -0.25) is 0 Å². The van der Waals surface area contributed by atoms with Crippen LogP contribution in [0.4, 0.5) is 11.4 Å². The van der Waals surface area contributed by atoms with Gasteiger partial charge in [0.15, 0.2) is 6.20 Å². The van der Waals surface area contributed by atoms with E-state index in [1.54, 1.807) is 0 Å². The zero-order valence-electron chi connectivity index (χ0n) is 38.0. The molecular weight excluding hydrogens is 868 g/mol. The van der Waals surface area contributed by atoms with Crippen molar-refractivity contribution in [2.45, 2.75) is 110 Å². The van der Waals surface area contributed by atoms with E-state index in [0.717, 1.165) is 0 Å². The Kier molecular flexibility index (Phi) is 17.2. The van der Waals surface area contributed by atoms with Gasteiger partial charge in [-0.1, -0.05) is 189 Å². The van der Waals surface area contributed by atoms with Crippen molar-refractivity contribution in [3.63, 3.8) is 0 Å². The number of pyridine rings is 1. The van der Waals surface area contributed by atoms with Gasteiger partial charge < -0.3 is 10.6 Å². The third-order valence-electron chi connectivity index (χ3n) is 13.1. The second kappa shape index (κ2) is 23.4. The van der Waals surface area contributed by atoms with Crippen LogP contribution in [0.3, 0.4) is 0 Å². The van der Waals surface area contributed by atoms with Crippen molar-refractivity contribution < 1.29 is 17.5 Å². The third-order valence-corrected chi connectivity index (χ3v) is 13.1. The SMILES string of the molecule is Cc1cc(C)c(NC(C)[n+]2ccccc2C(C)Nc2c(C3CCCCCCC3)cc(C(c3ccccc3)c3ccccc3)cc2C(c2ccccc2)c2ccccc2)c(C)c1.[Cl][Co][Cl]. The molecule has 1 aliphatic carbocycles. The number of aryl methyl sites for hydroxylation is 3. The predicted octanol–water partition coefficient (Wildman–Crippen LogP) is 16.3. The molecule has 6 heteroatoms. The zero-order valence-corrected chi connectivity index (χ0v) is 40.6. The van der Waals surface area contributed by atoms with E-state index in [1.807, 2.05) is 0 Å². The molecule has 0 amide bonds. The van der Waals surface area contributed by atoms with Crippen LogP contribution in [0.1, 0.15) is 150 Å². The molecule has 1 heterocycles. The van der Waals surface area contributed by atoms with Crippen LogP contribution in [-0.4, -0.2) is 0 Å². The van der Waals surface area contributed by atoms with Crippen molar-refractivity contribution in [2.75, 3.05) is 10.6 Å². The second-order valence-electron chi connectivity index (χ2n) is 17.7. The fourth-order valence-electron chi connectivity index (χ4n) is 10.2. The van der Waals surface area contributed by atoms with Crippen LogP contribution in [0.2, 0.25) is 0 Å². The first-order chi connectivity index (χ1) is 31.3. The Labute approximate surface area is 398 Å². The Balaban J connectivity index is 0.00000199. The summed E-state index contributed by atoms with van der Waals surface area (Å²) in [7, 11) is 9.47. The molecule has 1 saturated carbocycles. The Bertz CT molecular complexity index is 2410. The third kappa shape index (κ3) is 11.7. The minimum absolute atomic E-state index is 0.00816. The molecule has 0 bridgehead atoms. The molecule has 0 aliphatic heterocycles. The Morgan fingerprint density at radius 2 is 0.969 bits per heavy atom. The fraction of sp³-hybridized carbons (Fsp3) is 0.293. The number of nitrogens with zero attached hydrogens (tertiary/aromatic N) is 1. The number of hydrogen-bond acceptors (Lipinski definition) is 2. The average molecular weight is 933 g/mol. The van der Waals surface area contributed by atoms with Gasteiger partial charge in [0.25, 0.3) is 0 Å². The van der Waals surface area contributed by atoms with Gasteiger partial charge in [-0.15, -0.1) is 0 Å². The minimum atomic E-state index is 0.00816. The molecule has 0 saturated heterocycles. The van der Waals surface area contributed by atoms with Crippen LogP contribution in [0.5, 0.6) is 0 Å². The van der Waals surface area contributed by atoms with E-state index in [2.05, 4.69) is 220 Å². The van der Waals surface area contributed by atoms with Crippen molar-refractivity contribution in [3.8, 4) is 0 Å². The van der Waals surface area contributed by atoms with E-state index >= 15 is 0 Å². The quantitative estimate of drug-likeness (QED) is 0.0891.